The molecule has 1 heterocycles. The first kappa shape index (κ1) is 6.56. The smallest absolute Gasteiger partial charge is 0.269 e. The Morgan fingerprint density at radius 2 is 2.40 bits per heavy atom. The number of nitrogens with zero attached hydrogens (tertiary/aromatic N) is 2. The summed E-state index contributed by atoms with van der Waals surface area (Å²) in [5, 5.41) is 8.97. The van der Waals surface area contributed by atoms with E-state index in [2.05, 4.69) is 9.83 Å². The first-order chi connectivity index (χ1) is 4.74. The van der Waals surface area contributed by atoms with Crippen LogP contribution in [0.15, 0.2) is 12.3 Å². The van der Waals surface area contributed by atoms with Crippen LogP contribution in [0, 0.1) is 13.5 Å². The van der Waals surface area contributed by atoms with Crippen molar-refractivity contribution >= 4 is 5.82 Å². The van der Waals surface area contributed by atoms with E-state index in [4.69, 9.17) is 11.7 Å². The Balaban J connectivity index is 3.20. The molecule has 0 aliphatic heterocycles. The molecule has 50 valence electrons. The highest BCUT2D eigenvalue weighted by Crippen LogP contribution is 2.18. The maximum Gasteiger partial charge on any atom is 0.269 e. The third-order valence-electron chi connectivity index (χ3n) is 1.18. The zero-order chi connectivity index (χ0) is 7.56. The van der Waals surface area contributed by atoms with Gasteiger partial charge in [-0.05, 0) is 18.6 Å². The van der Waals surface area contributed by atoms with E-state index in [-0.39, 0.29) is 5.75 Å². The van der Waals surface area contributed by atoms with Gasteiger partial charge in [0.2, 0.25) is 0 Å². The molecule has 0 atom stereocenters. The summed E-state index contributed by atoms with van der Waals surface area (Å²) in [5.74, 6) is 0.447. The number of rotatable bonds is 0. The molecular formula is C7H6N2O. The van der Waals surface area contributed by atoms with Gasteiger partial charge in [0.05, 0.1) is 0 Å². The number of aromatic nitrogens is 1. The lowest BCUT2D eigenvalue weighted by Gasteiger charge is -1.93. The minimum Gasteiger partial charge on any atom is -0.504 e. The molecule has 3 heteroatoms. The number of hydrogen-bond acceptors (Lipinski definition) is 2. The van der Waals surface area contributed by atoms with E-state index in [9.17, 15) is 0 Å². The van der Waals surface area contributed by atoms with Gasteiger partial charge in [-0.3, -0.25) is 0 Å². The van der Waals surface area contributed by atoms with Gasteiger partial charge in [-0.25, -0.2) is 0 Å². The van der Waals surface area contributed by atoms with Crippen LogP contribution in [0.5, 0.6) is 5.75 Å². The van der Waals surface area contributed by atoms with Gasteiger partial charge < -0.3 is 9.95 Å². The lowest BCUT2D eigenvalue weighted by molar-refractivity contribution is 0.468. The molecule has 0 bridgehead atoms. The van der Waals surface area contributed by atoms with E-state index in [0.717, 1.165) is 0 Å². The molecule has 0 aliphatic carbocycles. The van der Waals surface area contributed by atoms with Gasteiger partial charge in [0.15, 0.2) is 11.9 Å². The Labute approximate surface area is 58.8 Å². The summed E-state index contributed by atoms with van der Waals surface area (Å²) in [6.45, 7) is 8.32. The van der Waals surface area contributed by atoms with E-state index < -0.39 is 0 Å². The van der Waals surface area contributed by atoms with Gasteiger partial charge in [0.1, 0.15) is 0 Å². The molecule has 0 aliphatic rings. The average molecular weight is 134 g/mol. The normalized spacial score (nSPS) is 8.80. The summed E-state index contributed by atoms with van der Waals surface area (Å²) in [6.07, 6.45) is 1.28. The van der Waals surface area contributed by atoms with Crippen molar-refractivity contribution in [2.24, 2.45) is 0 Å². The highest BCUT2D eigenvalue weighted by molar-refractivity contribution is 5.43. The van der Waals surface area contributed by atoms with Crippen LogP contribution in [-0.4, -0.2) is 10.1 Å². The highest BCUT2D eigenvalue weighted by Gasteiger charge is 1.98. The number of aromatic hydroxyl groups is 1. The Morgan fingerprint density at radius 3 is 2.90 bits per heavy atom. The van der Waals surface area contributed by atoms with E-state index in [1.54, 1.807) is 13.0 Å². The molecule has 0 spiro atoms. The van der Waals surface area contributed by atoms with Crippen molar-refractivity contribution in [1.29, 1.82) is 0 Å². The molecule has 0 amide bonds. The fourth-order valence-electron chi connectivity index (χ4n) is 0.595. The highest BCUT2D eigenvalue weighted by atomic mass is 16.3. The maximum atomic E-state index is 8.97. The Hall–Kier alpha value is -1.56. The molecule has 0 saturated heterocycles. The van der Waals surface area contributed by atoms with E-state index in [1.807, 2.05) is 0 Å². The van der Waals surface area contributed by atoms with Gasteiger partial charge in [-0.15, -0.1) is 4.98 Å². The van der Waals surface area contributed by atoms with Gasteiger partial charge in [-0.1, -0.05) is 6.57 Å². The van der Waals surface area contributed by atoms with Crippen LogP contribution < -0.4 is 0 Å². The lowest BCUT2D eigenvalue weighted by atomic mass is 10.3. The number of hydrogen-bond donors (Lipinski definition) is 1. The first-order valence-corrected chi connectivity index (χ1v) is 2.77. The molecule has 1 aromatic rings. The molecule has 10 heavy (non-hydrogen) atoms. The summed E-state index contributed by atoms with van der Waals surface area (Å²) >= 11 is 0. The molecule has 0 fully saturated rings. The molecule has 0 unspecified atom stereocenters. The Morgan fingerprint density at radius 1 is 1.70 bits per heavy atom. The second-order valence-corrected chi connectivity index (χ2v) is 1.94. The van der Waals surface area contributed by atoms with Crippen LogP contribution in [0.1, 0.15) is 5.56 Å². The van der Waals surface area contributed by atoms with Crippen molar-refractivity contribution in [3.8, 4) is 5.75 Å². The quantitative estimate of drug-likeness (QED) is 0.548. The van der Waals surface area contributed by atoms with Gasteiger partial charge >= 0.3 is 0 Å². The van der Waals surface area contributed by atoms with Crippen LogP contribution in [0.25, 0.3) is 4.85 Å². The SMILES string of the molecule is [C-]#[N+]c1cc(C)c(O)cn1. The zero-order valence-corrected chi connectivity index (χ0v) is 5.50. The first-order valence-electron chi connectivity index (χ1n) is 2.77. The van der Waals surface area contributed by atoms with Crippen LogP contribution in [0.4, 0.5) is 5.82 Å². The second kappa shape index (κ2) is 2.36. The van der Waals surface area contributed by atoms with Gasteiger partial charge in [-0.2, -0.15) is 0 Å². The summed E-state index contributed by atoms with van der Waals surface area (Å²) in [7, 11) is 0. The largest absolute Gasteiger partial charge is 0.504 e. The van der Waals surface area contributed by atoms with E-state index >= 15 is 0 Å². The number of pyridine rings is 1. The predicted octanol–water partition coefficient (Wildman–Crippen LogP) is 1.65. The molecule has 0 saturated carbocycles. The Kier molecular flexibility index (Phi) is 1.55. The zero-order valence-electron chi connectivity index (χ0n) is 5.50. The van der Waals surface area contributed by atoms with Crippen molar-refractivity contribution in [2.45, 2.75) is 6.92 Å². The summed E-state index contributed by atoms with van der Waals surface area (Å²) in [6, 6.07) is 1.54. The van der Waals surface area contributed by atoms with Crippen LogP contribution >= 0.6 is 0 Å². The molecule has 0 aromatic carbocycles. The van der Waals surface area contributed by atoms with Crippen LogP contribution in [-0.2, 0) is 0 Å². The van der Waals surface area contributed by atoms with E-state index in [1.165, 1.54) is 6.20 Å². The van der Waals surface area contributed by atoms with Crippen molar-refractivity contribution in [2.75, 3.05) is 0 Å². The lowest BCUT2D eigenvalue weighted by Crippen LogP contribution is -1.76. The Bertz CT molecular complexity index is 288. The van der Waals surface area contributed by atoms with Crippen molar-refractivity contribution in [3.05, 3.63) is 29.2 Å². The standard InChI is InChI=1S/C7H6N2O/c1-5-3-7(8-2)9-4-6(5)10/h3-4,10H,1H3. The molecule has 1 aromatic heterocycles. The molecule has 1 rings (SSSR count). The minimum atomic E-state index is 0.132. The molecule has 1 N–H and O–H groups in total. The van der Waals surface area contributed by atoms with Crippen LogP contribution in [0.2, 0.25) is 0 Å². The minimum absolute atomic E-state index is 0.132. The van der Waals surface area contributed by atoms with Gasteiger partial charge in [0, 0.05) is 0 Å². The van der Waals surface area contributed by atoms with Crippen molar-refractivity contribution in [3.63, 3.8) is 0 Å². The third-order valence-corrected chi connectivity index (χ3v) is 1.18. The predicted molar refractivity (Wildman–Crippen MR) is 36.9 cm³/mol. The number of aryl methyl sites for hydroxylation is 1. The molecular weight excluding hydrogens is 128 g/mol. The van der Waals surface area contributed by atoms with Crippen LogP contribution in [0.3, 0.4) is 0 Å². The summed E-state index contributed by atoms with van der Waals surface area (Å²) < 4.78 is 0. The average Bonchev–Trinajstić information content (AvgIpc) is 1.95. The van der Waals surface area contributed by atoms with Crippen molar-refractivity contribution in [1.82, 2.24) is 4.98 Å². The maximum absolute atomic E-state index is 8.97. The fourth-order valence-corrected chi connectivity index (χ4v) is 0.595. The molecule has 0 radical (unpaired) electrons. The summed E-state index contributed by atoms with van der Waals surface area (Å²) in [4.78, 5) is 6.75. The topological polar surface area (TPSA) is 37.5 Å². The van der Waals surface area contributed by atoms with E-state index in [0.29, 0.717) is 11.4 Å². The molecule has 3 nitrogen and oxygen atoms in total. The van der Waals surface area contributed by atoms with Crippen molar-refractivity contribution < 1.29 is 5.11 Å². The third kappa shape index (κ3) is 1.06. The fraction of sp³-hybridized carbons (Fsp3) is 0.143. The second-order valence-electron chi connectivity index (χ2n) is 1.94. The monoisotopic (exact) mass is 134 g/mol. The van der Waals surface area contributed by atoms with Gasteiger partial charge in [0.25, 0.3) is 5.82 Å². The summed E-state index contributed by atoms with van der Waals surface area (Å²) in [5.41, 5.74) is 0.681.